The van der Waals surface area contributed by atoms with Gasteiger partial charge >= 0.3 is 0 Å². The van der Waals surface area contributed by atoms with Gasteiger partial charge in [0.05, 0.1) is 0 Å². The first-order valence-electron chi connectivity index (χ1n) is 8.89. The van der Waals surface area contributed by atoms with E-state index in [0.29, 0.717) is 5.92 Å². The predicted molar refractivity (Wildman–Crippen MR) is 114 cm³/mol. The highest BCUT2D eigenvalue weighted by Crippen LogP contribution is 2.19. The van der Waals surface area contributed by atoms with Gasteiger partial charge in [-0.2, -0.15) is 0 Å². The molecule has 0 fully saturated rings. The fraction of sp³-hybridized carbons (Fsp3) is 0.333. The number of benzene rings is 1. The fourth-order valence-corrected chi connectivity index (χ4v) is 1.77. The fourth-order valence-electron chi connectivity index (χ4n) is 1.77. The quantitative estimate of drug-likeness (QED) is 0.466. The van der Waals surface area contributed by atoms with E-state index in [1.54, 1.807) is 12.2 Å². The third-order valence-electron chi connectivity index (χ3n) is 3.08. The molecule has 1 unspecified atom stereocenters. The van der Waals surface area contributed by atoms with Crippen molar-refractivity contribution in [2.75, 3.05) is 0 Å². The molecule has 0 N–H and O–H groups in total. The minimum atomic E-state index is 0.368. The number of hydrogen-bond donors (Lipinski definition) is 0. The Labute approximate surface area is 151 Å². The molecular formula is C24H36. The molecular weight excluding hydrogens is 288 g/mol. The van der Waals surface area contributed by atoms with Gasteiger partial charge in [0.15, 0.2) is 0 Å². The molecule has 0 radical (unpaired) electrons. The van der Waals surface area contributed by atoms with Crippen molar-refractivity contribution < 1.29 is 0 Å². The summed E-state index contributed by atoms with van der Waals surface area (Å²) in [6, 6.07) is 8.62. The van der Waals surface area contributed by atoms with E-state index in [2.05, 4.69) is 77.8 Å². The zero-order chi connectivity index (χ0) is 19.0. The van der Waals surface area contributed by atoms with E-state index < -0.39 is 0 Å². The average molecular weight is 325 g/mol. The first-order valence-corrected chi connectivity index (χ1v) is 8.89. The van der Waals surface area contributed by atoms with Gasteiger partial charge in [0, 0.05) is 0 Å². The van der Waals surface area contributed by atoms with Crippen LogP contribution in [0.3, 0.4) is 0 Å². The number of rotatable bonds is 6. The lowest BCUT2D eigenvalue weighted by molar-refractivity contribution is 0.965. The monoisotopic (exact) mass is 324 g/mol. The second-order valence-corrected chi connectivity index (χ2v) is 5.35. The molecule has 1 aromatic carbocycles. The molecule has 0 aromatic heterocycles. The van der Waals surface area contributed by atoms with Crippen molar-refractivity contribution >= 4 is 0 Å². The summed E-state index contributed by atoms with van der Waals surface area (Å²) in [5.74, 6) is 0.368. The second kappa shape index (κ2) is 15.8. The van der Waals surface area contributed by atoms with Gasteiger partial charge in [-0.1, -0.05) is 121 Å². The van der Waals surface area contributed by atoms with E-state index in [4.69, 9.17) is 0 Å². The summed E-state index contributed by atoms with van der Waals surface area (Å²) >= 11 is 0. The lowest BCUT2D eigenvalue weighted by Gasteiger charge is -2.08. The van der Waals surface area contributed by atoms with Gasteiger partial charge in [0.25, 0.3) is 0 Å². The average Bonchev–Trinajstić information content (AvgIpc) is 2.60. The zero-order valence-corrected chi connectivity index (χ0v) is 16.6. The molecule has 0 amide bonds. The highest BCUT2D eigenvalue weighted by atomic mass is 14.1. The van der Waals surface area contributed by atoms with Crippen LogP contribution in [0.5, 0.6) is 0 Å². The van der Waals surface area contributed by atoms with Crippen LogP contribution in [-0.2, 0) is 0 Å². The molecule has 132 valence electrons. The molecule has 0 spiro atoms. The molecule has 0 saturated heterocycles. The molecule has 0 aliphatic heterocycles. The molecule has 0 aliphatic rings. The second-order valence-electron chi connectivity index (χ2n) is 5.35. The summed E-state index contributed by atoms with van der Waals surface area (Å²) in [5.41, 5.74) is 4.55. The van der Waals surface area contributed by atoms with E-state index in [0.717, 1.165) is 11.1 Å². The summed E-state index contributed by atoms with van der Waals surface area (Å²) in [7, 11) is 0. The standard InChI is InChI=1S/C19H22.C3H8.C2H6/c1-6-8-18(7-2)16(4)11-12-17(5)19-13-9-15(3)10-14-19;1-3-2;1-2/h6-14,17H,1-2,4H2,3,5H3;3H2,1-2H3;1-2H3/b12-11-,18-8+;;. The smallest absolute Gasteiger partial charge is 0.000710 e. The third kappa shape index (κ3) is 10.6. The van der Waals surface area contributed by atoms with E-state index in [9.17, 15) is 0 Å². The van der Waals surface area contributed by atoms with Crippen LogP contribution in [-0.4, -0.2) is 0 Å². The molecule has 0 heterocycles. The predicted octanol–water partition coefficient (Wildman–Crippen LogP) is 7.95. The Morgan fingerprint density at radius 2 is 1.58 bits per heavy atom. The van der Waals surface area contributed by atoms with Gasteiger partial charge in [-0.25, -0.2) is 0 Å². The molecule has 0 bridgehead atoms. The molecule has 1 atom stereocenters. The number of hydrogen-bond acceptors (Lipinski definition) is 0. The minimum Gasteiger partial charge on any atom is -0.0990 e. The third-order valence-corrected chi connectivity index (χ3v) is 3.08. The molecule has 0 nitrogen and oxygen atoms in total. The maximum absolute atomic E-state index is 4.05. The minimum absolute atomic E-state index is 0.368. The van der Waals surface area contributed by atoms with Crippen molar-refractivity contribution in [3.05, 3.63) is 96.7 Å². The Morgan fingerprint density at radius 3 is 2.00 bits per heavy atom. The van der Waals surface area contributed by atoms with Gasteiger partial charge in [0.1, 0.15) is 0 Å². The summed E-state index contributed by atoms with van der Waals surface area (Å²) in [6.07, 6.45) is 10.9. The van der Waals surface area contributed by atoms with Crippen molar-refractivity contribution in [2.24, 2.45) is 0 Å². The Morgan fingerprint density at radius 1 is 1.08 bits per heavy atom. The molecule has 24 heavy (non-hydrogen) atoms. The maximum atomic E-state index is 4.05. The Bertz CT molecular complexity index is 524. The van der Waals surface area contributed by atoms with Gasteiger partial charge < -0.3 is 0 Å². The van der Waals surface area contributed by atoms with E-state index in [-0.39, 0.29) is 0 Å². The van der Waals surface area contributed by atoms with E-state index in [1.165, 1.54) is 17.5 Å². The first kappa shape index (κ1) is 24.2. The largest absolute Gasteiger partial charge is 0.0990 e. The van der Waals surface area contributed by atoms with Crippen LogP contribution in [0.1, 0.15) is 58.1 Å². The van der Waals surface area contributed by atoms with Crippen molar-refractivity contribution in [3.8, 4) is 0 Å². The Hall–Kier alpha value is -2.08. The zero-order valence-electron chi connectivity index (χ0n) is 16.6. The molecule has 1 aromatic rings. The highest BCUT2D eigenvalue weighted by Gasteiger charge is 2.01. The van der Waals surface area contributed by atoms with Gasteiger partial charge in [0.2, 0.25) is 0 Å². The van der Waals surface area contributed by atoms with Crippen LogP contribution in [0.15, 0.2) is 85.5 Å². The molecule has 0 saturated carbocycles. The van der Waals surface area contributed by atoms with Crippen molar-refractivity contribution in [1.82, 2.24) is 0 Å². The van der Waals surface area contributed by atoms with Crippen molar-refractivity contribution in [1.29, 1.82) is 0 Å². The van der Waals surface area contributed by atoms with Gasteiger partial charge in [-0.15, -0.1) is 0 Å². The Balaban J connectivity index is 0. The maximum Gasteiger partial charge on any atom is -0.000710 e. The van der Waals surface area contributed by atoms with Gasteiger partial charge in [-0.05, 0) is 29.6 Å². The van der Waals surface area contributed by atoms with E-state index in [1.807, 2.05) is 26.0 Å². The summed E-state index contributed by atoms with van der Waals surface area (Å²) < 4.78 is 0. The van der Waals surface area contributed by atoms with Crippen LogP contribution in [0.2, 0.25) is 0 Å². The van der Waals surface area contributed by atoms with Crippen LogP contribution in [0.25, 0.3) is 0 Å². The molecule has 0 heteroatoms. The van der Waals surface area contributed by atoms with Crippen molar-refractivity contribution in [2.45, 2.75) is 53.9 Å². The lowest BCUT2D eigenvalue weighted by Crippen LogP contribution is -1.89. The summed E-state index contributed by atoms with van der Waals surface area (Å²) in [5, 5.41) is 0. The van der Waals surface area contributed by atoms with Gasteiger partial charge in [-0.3, -0.25) is 0 Å². The molecule has 0 aliphatic carbocycles. The molecule has 1 rings (SSSR count). The van der Waals surface area contributed by atoms with Crippen LogP contribution in [0.4, 0.5) is 0 Å². The van der Waals surface area contributed by atoms with Crippen molar-refractivity contribution in [3.63, 3.8) is 0 Å². The highest BCUT2D eigenvalue weighted by molar-refractivity contribution is 5.46. The summed E-state index contributed by atoms with van der Waals surface area (Å²) in [4.78, 5) is 0. The summed E-state index contributed by atoms with van der Waals surface area (Å²) in [6.45, 7) is 24.1. The van der Waals surface area contributed by atoms with Crippen LogP contribution >= 0.6 is 0 Å². The van der Waals surface area contributed by atoms with Crippen LogP contribution < -0.4 is 0 Å². The number of allylic oxidation sites excluding steroid dienone is 7. The SMILES string of the molecule is C=C/C=C(\C=C)C(=C)/C=C\C(C)c1ccc(C)cc1.CC.CCC. The normalized spacial score (nSPS) is 11.5. The number of aryl methyl sites for hydroxylation is 1. The van der Waals surface area contributed by atoms with Crippen LogP contribution in [0, 0.1) is 6.92 Å². The van der Waals surface area contributed by atoms with E-state index >= 15 is 0 Å². The lowest BCUT2D eigenvalue weighted by atomic mass is 9.97. The Kier molecular flexibility index (Phi) is 15.9. The first-order chi connectivity index (χ1) is 11.5. The topological polar surface area (TPSA) is 0 Å².